The second-order valence-electron chi connectivity index (χ2n) is 7.04. The van der Waals surface area contributed by atoms with Crippen LogP contribution in [0.4, 0.5) is 5.82 Å². The molecule has 4 heteroatoms. The van der Waals surface area contributed by atoms with Crippen LogP contribution in [-0.4, -0.2) is 23.1 Å². The first-order valence-corrected chi connectivity index (χ1v) is 10.6. The monoisotopic (exact) mass is 367 g/mol. The summed E-state index contributed by atoms with van der Waals surface area (Å²) in [5, 5.41) is 3.47. The maximum absolute atomic E-state index is 4.74. The summed E-state index contributed by atoms with van der Waals surface area (Å²) in [5.41, 5.74) is 5.18. The lowest BCUT2D eigenvalue weighted by Gasteiger charge is -2.24. The van der Waals surface area contributed by atoms with Crippen LogP contribution in [0.5, 0.6) is 0 Å². The minimum atomic E-state index is 1.06. The molecule has 0 bridgehead atoms. The van der Waals surface area contributed by atoms with E-state index in [2.05, 4.69) is 61.2 Å². The van der Waals surface area contributed by atoms with Gasteiger partial charge in [-0.3, -0.25) is 0 Å². The van der Waals surface area contributed by atoms with E-state index in [4.69, 9.17) is 4.98 Å². The van der Waals surface area contributed by atoms with E-state index in [0.29, 0.717) is 0 Å². The van der Waals surface area contributed by atoms with Gasteiger partial charge in [0.2, 0.25) is 0 Å². The SMILES string of the molecule is CCCCN(CCCC)c1ncnc2scc(-c3ccc(C)cc3C)c12. The topological polar surface area (TPSA) is 29.0 Å². The molecular weight excluding hydrogens is 338 g/mol. The van der Waals surface area contributed by atoms with Gasteiger partial charge in [0.1, 0.15) is 17.0 Å². The Balaban J connectivity index is 2.12. The van der Waals surface area contributed by atoms with Crippen LogP contribution in [0, 0.1) is 13.8 Å². The van der Waals surface area contributed by atoms with Gasteiger partial charge in [0.15, 0.2) is 0 Å². The number of anilines is 1. The van der Waals surface area contributed by atoms with Crippen molar-refractivity contribution in [2.45, 2.75) is 53.4 Å². The molecule has 0 aliphatic rings. The number of benzene rings is 1. The van der Waals surface area contributed by atoms with Gasteiger partial charge in [-0.1, -0.05) is 50.5 Å². The first kappa shape index (κ1) is 18.8. The van der Waals surface area contributed by atoms with Crippen LogP contribution in [0.25, 0.3) is 21.3 Å². The van der Waals surface area contributed by atoms with Crippen molar-refractivity contribution in [2.75, 3.05) is 18.0 Å². The number of thiophene rings is 1. The fourth-order valence-corrected chi connectivity index (χ4v) is 4.34. The molecule has 0 aliphatic heterocycles. The van der Waals surface area contributed by atoms with E-state index in [1.165, 1.54) is 53.3 Å². The number of aryl methyl sites for hydroxylation is 2. The van der Waals surface area contributed by atoms with E-state index in [1.807, 2.05) is 0 Å². The number of fused-ring (bicyclic) bond motifs is 1. The summed E-state index contributed by atoms with van der Waals surface area (Å²) in [6, 6.07) is 6.70. The highest BCUT2D eigenvalue weighted by molar-refractivity contribution is 7.17. The molecule has 0 spiro atoms. The number of nitrogens with zero attached hydrogens (tertiary/aromatic N) is 3. The van der Waals surface area contributed by atoms with Crippen LogP contribution >= 0.6 is 11.3 Å². The third kappa shape index (κ3) is 3.90. The third-order valence-corrected chi connectivity index (χ3v) is 5.77. The Morgan fingerprint density at radius 1 is 0.962 bits per heavy atom. The summed E-state index contributed by atoms with van der Waals surface area (Å²) in [6.45, 7) is 11.0. The van der Waals surface area contributed by atoms with Crippen LogP contribution in [0.3, 0.4) is 0 Å². The summed E-state index contributed by atoms with van der Waals surface area (Å²) in [4.78, 5) is 12.9. The van der Waals surface area contributed by atoms with Gasteiger partial charge in [-0.2, -0.15) is 0 Å². The van der Waals surface area contributed by atoms with Gasteiger partial charge in [-0.05, 0) is 37.8 Å². The predicted octanol–water partition coefficient (Wildman–Crippen LogP) is 6.38. The molecule has 0 amide bonds. The van der Waals surface area contributed by atoms with Gasteiger partial charge in [0, 0.05) is 24.0 Å². The molecule has 2 heterocycles. The average molecular weight is 368 g/mol. The quantitative estimate of drug-likeness (QED) is 0.462. The highest BCUT2D eigenvalue weighted by atomic mass is 32.1. The van der Waals surface area contributed by atoms with Crippen molar-refractivity contribution in [1.29, 1.82) is 0 Å². The third-order valence-electron chi connectivity index (χ3n) is 4.89. The molecule has 3 aromatic rings. The van der Waals surface area contributed by atoms with Gasteiger partial charge < -0.3 is 4.90 Å². The van der Waals surface area contributed by atoms with Gasteiger partial charge in [0.25, 0.3) is 0 Å². The van der Waals surface area contributed by atoms with Crippen molar-refractivity contribution in [3.63, 3.8) is 0 Å². The lowest BCUT2D eigenvalue weighted by Crippen LogP contribution is -2.26. The molecule has 2 aromatic heterocycles. The number of aromatic nitrogens is 2. The zero-order chi connectivity index (χ0) is 18.5. The fraction of sp³-hybridized carbons (Fsp3) is 0.455. The van der Waals surface area contributed by atoms with Gasteiger partial charge in [0.05, 0.1) is 5.39 Å². The lowest BCUT2D eigenvalue weighted by molar-refractivity contribution is 0.673. The number of unbranched alkanes of at least 4 members (excludes halogenated alkanes) is 2. The Morgan fingerprint density at radius 3 is 2.35 bits per heavy atom. The molecule has 1 aromatic carbocycles. The molecule has 0 saturated heterocycles. The number of hydrogen-bond donors (Lipinski definition) is 0. The minimum Gasteiger partial charge on any atom is -0.356 e. The zero-order valence-corrected chi connectivity index (χ0v) is 17.2. The van der Waals surface area contributed by atoms with Gasteiger partial charge in [-0.25, -0.2) is 9.97 Å². The van der Waals surface area contributed by atoms with Crippen LogP contribution in [0.1, 0.15) is 50.7 Å². The van der Waals surface area contributed by atoms with E-state index in [0.717, 1.165) is 23.7 Å². The Hall–Kier alpha value is -1.94. The van der Waals surface area contributed by atoms with E-state index in [1.54, 1.807) is 17.7 Å². The number of hydrogen-bond acceptors (Lipinski definition) is 4. The summed E-state index contributed by atoms with van der Waals surface area (Å²) in [7, 11) is 0. The Bertz CT molecular complexity index is 861. The molecule has 138 valence electrons. The first-order chi connectivity index (χ1) is 12.7. The van der Waals surface area contributed by atoms with Gasteiger partial charge in [-0.15, -0.1) is 11.3 Å². The molecule has 26 heavy (non-hydrogen) atoms. The fourth-order valence-electron chi connectivity index (χ4n) is 3.43. The molecule has 0 N–H and O–H groups in total. The minimum absolute atomic E-state index is 1.06. The summed E-state index contributed by atoms with van der Waals surface area (Å²) in [5.74, 6) is 1.10. The Labute approximate surface area is 161 Å². The smallest absolute Gasteiger partial charge is 0.141 e. The van der Waals surface area contributed by atoms with E-state index in [9.17, 15) is 0 Å². The van der Waals surface area contributed by atoms with Crippen molar-refractivity contribution in [3.8, 4) is 11.1 Å². The molecule has 0 aliphatic carbocycles. The highest BCUT2D eigenvalue weighted by Crippen LogP contribution is 2.39. The lowest BCUT2D eigenvalue weighted by atomic mass is 9.99. The molecule has 0 saturated carbocycles. The molecule has 3 rings (SSSR count). The van der Waals surface area contributed by atoms with E-state index >= 15 is 0 Å². The van der Waals surface area contributed by atoms with Crippen molar-refractivity contribution < 1.29 is 0 Å². The maximum atomic E-state index is 4.74. The summed E-state index contributed by atoms with van der Waals surface area (Å²) in [6.07, 6.45) is 6.51. The van der Waals surface area contributed by atoms with Crippen LogP contribution < -0.4 is 4.90 Å². The van der Waals surface area contributed by atoms with Crippen LogP contribution in [0.15, 0.2) is 29.9 Å². The van der Waals surface area contributed by atoms with Crippen molar-refractivity contribution >= 4 is 27.4 Å². The average Bonchev–Trinajstić information content (AvgIpc) is 3.06. The Morgan fingerprint density at radius 2 is 1.69 bits per heavy atom. The van der Waals surface area contributed by atoms with Crippen LogP contribution in [0.2, 0.25) is 0 Å². The predicted molar refractivity (Wildman–Crippen MR) is 114 cm³/mol. The summed E-state index contributed by atoms with van der Waals surface area (Å²) < 4.78 is 0. The van der Waals surface area contributed by atoms with Crippen molar-refractivity contribution in [1.82, 2.24) is 9.97 Å². The molecular formula is C22H29N3S. The van der Waals surface area contributed by atoms with Crippen molar-refractivity contribution in [3.05, 3.63) is 41.0 Å². The van der Waals surface area contributed by atoms with Crippen LogP contribution in [-0.2, 0) is 0 Å². The standard InChI is InChI=1S/C22H29N3S/c1-5-7-11-25(12-8-6-2)21-20-19(14-26-22(20)24-15-23-21)18-10-9-16(3)13-17(18)4/h9-10,13-15H,5-8,11-12H2,1-4H3. The normalized spacial score (nSPS) is 11.2. The second-order valence-corrected chi connectivity index (χ2v) is 7.90. The zero-order valence-electron chi connectivity index (χ0n) is 16.4. The second kappa shape index (κ2) is 8.63. The molecule has 0 atom stereocenters. The first-order valence-electron chi connectivity index (χ1n) is 9.70. The van der Waals surface area contributed by atoms with Crippen molar-refractivity contribution in [2.24, 2.45) is 0 Å². The van der Waals surface area contributed by atoms with Gasteiger partial charge >= 0.3 is 0 Å². The highest BCUT2D eigenvalue weighted by Gasteiger charge is 2.18. The maximum Gasteiger partial charge on any atom is 0.141 e. The molecule has 0 unspecified atom stereocenters. The number of rotatable bonds is 8. The molecule has 0 fully saturated rings. The van der Waals surface area contributed by atoms with E-state index < -0.39 is 0 Å². The molecule has 0 radical (unpaired) electrons. The Kier molecular flexibility index (Phi) is 6.25. The molecule has 3 nitrogen and oxygen atoms in total. The summed E-state index contributed by atoms with van der Waals surface area (Å²) >= 11 is 1.72. The van der Waals surface area contributed by atoms with E-state index in [-0.39, 0.29) is 0 Å². The largest absolute Gasteiger partial charge is 0.356 e.